The normalized spacial score (nSPS) is 14.0. The molecule has 0 aromatic heterocycles. The number of ether oxygens (including phenoxy) is 1. The second-order valence-corrected chi connectivity index (χ2v) is 7.69. The summed E-state index contributed by atoms with van der Waals surface area (Å²) >= 11 is 7.47. The highest BCUT2D eigenvalue weighted by atomic mass is 35.5. The number of nitrogens with one attached hydrogen (secondary N) is 1. The lowest BCUT2D eigenvalue weighted by Gasteiger charge is -2.27. The van der Waals surface area contributed by atoms with Crippen molar-refractivity contribution in [3.8, 4) is 0 Å². The molecule has 0 atom stereocenters. The van der Waals surface area contributed by atoms with Gasteiger partial charge in [0.2, 0.25) is 5.91 Å². The van der Waals surface area contributed by atoms with Crippen LogP contribution in [0.3, 0.4) is 0 Å². The number of thioether (sulfide) groups is 1. The maximum Gasteiger partial charge on any atom is 0.254 e. The van der Waals surface area contributed by atoms with Crippen LogP contribution in [0.5, 0.6) is 0 Å². The Labute approximate surface area is 168 Å². The van der Waals surface area contributed by atoms with Gasteiger partial charge < -0.3 is 15.0 Å². The zero-order valence-electron chi connectivity index (χ0n) is 14.8. The fraction of sp³-hybridized carbons (Fsp3) is 0.300. The van der Waals surface area contributed by atoms with Crippen molar-refractivity contribution in [2.75, 3.05) is 37.4 Å². The van der Waals surface area contributed by atoms with Gasteiger partial charge >= 0.3 is 0 Å². The Kier molecular flexibility index (Phi) is 7.15. The van der Waals surface area contributed by atoms with Crippen molar-refractivity contribution in [3.05, 3.63) is 59.1 Å². The zero-order chi connectivity index (χ0) is 19.1. The molecule has 0 radical (unpaired) electrons. The Morgan fingerprint density at radius 3 is 2.59 bits per heavy atom. The molecule has 1 aliphatic heterocycles. The van der Waals surface area contributed by atoms with E-state index in [0.29, 0.717) is 54.8 Å². The second kappa shape index (κ2) is 9.78. The summed E-state index contributed by atoms with van der Waals surface area (Å²) in [4.78, 5) is 27.6. The number of morpholine rings is 1. The van der Waals surface area contributed by atoms with Crippen LogP contribution in [0.1, 0.15) is 16.8 Å². The van der Waals surface area contributed by atoms with E-state index in [1.54, 1.807) is 40.9 Å². The molecule has 2 aromatic rings. The van der Waals surface area contributed by atoms with Crippen LogP contribution in [-0.2, 0) is 9.53 Å². The molecule has 1 aliphatic rings. The highest BCUT2D eigenvalue weighted by molar-refractivity contribution is 7.99. The largest absolute Gasteiger partial charge is 0.378 e. The third kappa shape index (κ3) is 5.99. The van der Waals surface area contributed by atoms with Crippen molar-refractivity contribution in [3.63, 3.8) is 0 Å². The number of rotatable bonds is 6. The number of carbonyl (C=O) groups is 2. The van der Waals surface area contributed by atoms with Crippen LogP contribution in [0.15, 0.2) is 53.4 Å². The Hall–Kier alpha value is -2.02. The SMILES string of the molecule is O=C(CCSc1ccc(Cl)cc1)Nc1cccc(C(=O)N2CCOCC2)c1. The molecule has 0 bridgehead atoms. The smallest absolute Gasteiger partial charge is 0.254 e. The Balaban J connectivity index is 1.50. The topological polar surface area (TPSA) is 58.6 Å². The lowest BCUT2D eigenvalue weighted by atomic mass is 10.1. The predicted octanol–water partition coefficient (Wildman–Crippen LogP) is 3.93. The first kappa shape index (κ1) is 19.7. The highest BCUT2D eigenvalue weighted by Crippen LogP contribution is 2.21. The third-order valence-corrected chi connectivity index (χ3v) is 5.37. The van der Waals surface area contributed by atoms with E-state index >= 15 is 0 Å². The highest BCUT2D eigenvalue weighted by Gasteiger charge is 2.18. The number of anilines is 1. The molecule has 1 saturated heterocycles. The first-order valence-electron chi connectivity index (χ1n) is 8.77. The summed E-state index contributed by atoms with van der Waals surface area (Å²) in [6.07, 6.45) is 0.384. The Morgan fingerprint density at radius 2 is 1.85 bits per heavy atom. The van der Waals surface area contributed by atoms with Crippen LogP contribution < -0.4 is 5.32 Å². The maximum absolute atomic E-state index is 12.5. The first-order valence-corrected chi connectivity index (χ1v) is 10.1. The van der Waals surface area contributed by atoms with Gasteiger partial charge in [-0.05, 0) is 42.5 Å². The molecule has 1 N–H and O–H groups in total. The van der Waals surface area contributed by atoms with Gasteiger partial charge in [0, 0.05) is 46.4 Å². The summed E-state index contributed by atoms with van der Waals surface area (Å²) in [6, 6.07) is 14.6. The number of hydrogen-bond acceptors (Lipinski definition) is 4. The van der Waals surface area contributed by atoms with E-state index in [1.165, 1.54) is 0 Å². The van der Waals surface area contributed by atoms with Crippen LogP contribution in [0.2, 0.25) is 5.02 Å². The van der Waals surface area contributed by atoms with Gasteiger partial charge in [-0.15, -0.1) is 11.8 Å². The van der Waals surface area contributed by atoms with E-state index < -0.39 is 0 Å². The lowest BCUT2D eigenvalue weighted by molar-refractivity contribution is -0.115. The number of hydrogen-bond donors (Lipinski definition) is 1. The average Bonchev–Trinajstić information content (AvgIpc) is 2.70. The van der Waals surface area contributed by atoms with Crippen LogP contribution in [0.25, 0.3) is 0 Å². The fourth-order valence-corrected chi connectivity index (χ4v) is 3.67. The van der Waals surface area contributed by atoms with Gasteiger partial charge in [-0.25, -0.2) is 0 Å². The van der Waals surface area contributed by atoms with Crippen molar-refractivity contribution < 1.29 is 14.3 Å². The number of halogens is 1. The average molecular weight is 405 g/mol. The van der Waals surface area contributed by atoms with Crippen molar-refractivity contribution in [1.29, 1.82) is 0 Å². The third-order valence-electron chi connectivity index (χ3n) is 4.10. The van der Waals surface area contributed by atoms with Crippen molar-refractivity contribution in [2.24, 2.45) is 0 Å². The Bertz CT molecular complexity index is 792. The molecule has 3 rings (SSSR count). The first-order chi connectivity index (χ1) is 13.1. The van der Waals surface area contributed by atoms with Crippen LogP contribution in [0, 0.1) is 0 Å². The monoisotopic (exact) mass is 404 g/mol. The van der Waals surface area contributed by atoms with Crippen LogP contribution >= 0.6 is 23.4 Å². The summed E-state index contributed by atoms with van der Waals surface area (Å²) in [5, 5.41) is 3.56. The molecule has 0 unspecified atom stereocenters. The Morgan fingerprint density at radius 1 is 1.11 bits per heavy atom. The van der Waals surface area contributed by atoms with Crippen LogP contribution in [-0.4, -0.2) is 48.8 Å². The molecule has 142 valence electrons. The van der Waals surface area contributed by atoms with Gasteiger partial charge in [0.1, 0.15) is 0 Å². The second-order valence-electron chi connectivity index (χ2n) is 6.09. The van der Waals surface area contributed by atoms with E-state index in [0.717, 1.165) is 4.90 Å². The van der Waals surface area contributed by atoms with E-state index in [-0.39, 0.29) is 11.8 Å². The molecule has 0 aliphatic carbocycles. The van der Waals surface area contributed by atoms with Crippen LogP contribution in [0.4, 0.5) is 5.69 Å². The number of carbonyl (C=O) groups excluding carboxylic acids is 2. The number of amides is 2. The van der Waals surface area contributed by atoms with Gasteiger partial charge in [-0.1, -0.05) is 17.7 Å². The molecular formula is C20H21ClN2O3S. The molecular weight excluding hydrogens is 384 g/mol. The minimum absolute atomic E-state index is 0.0345. The molecule has 1 fully saturated rings. The van der Waals surface area contributed by atoms with Gasteiger partial charge in [0.15, 0.2) is 0 Å². The quantitative estimate of drug-likeness (QED) is 0.741. The van der Waals surface area contributed by atoms with E-state index in [1.807, 2.05) is 24.3 Å². The lowest BCUT2D eigenvalue weighted by Crippen LogP contribution is -2.40. The summed E-state index contributed by atoms with van der Waals surface area (Å²) in [7, 11) is 0. The summed E-state index contributed by atoms with van der Waals surface area (Å²) in [6.45, 7) is 2.32. The minimum atomic E-state index is -0.0764. The number of benzene rings is 2. The van der Waals surface area contributed by atoms with Crippen molar-refractivity contribution >= 4 is 40.9 Å². The molecule has 2 aromatic carbocycles. The van der Waals surface area contributed by atoms with Gasteiger partial charge in [0.05, 0.1) is 13.2 Å². The van der Waals surface area contributed by atoms with Crippen molar-refractivity contribution in [2.45, 2.75) is 11.3 Å². The van der Waals surface area contributed by atoms with Gasteiger partial charge in [-0.2, -0.15) is 0 Å². The fourth-order valence-electron chi connectivity index (χ4n) is 2.69. The molecule has 27 heavy (non-hydrogen) atoms. The number of nitrogens with zero attached hydrogens (tertiary/aromatic N) is 1. The maximum atomic E-state index is 12.5. The minimum Gasteiger partial charge on any atom is -0.378 e. The summed E-state index contributed by atoms with van der Waals surface area (Å²) < 4.78 is 5.28. The predicted molar refractivity (Wildman–Crippen MR) is 109 cm³/mol. The van der Waals surface area contributed by atoms with Gasteiger partial charge in [-0.3, -0.25) is 9.59 Å². The molecule has 2 amide bonds. The molecule has 1 heterocycles. The molecule has 0 spiro atoms. The van der Waals surface area contributed by atoms with Crippen molar-refractivity contribution in [1.82, 2.24) is 4.90 Å². The summed E-state index contributed by atoms with van der Waals surface area (Å²) in [5.41, 5.74) is 1.21. The van der Waals surface area contributed by atoms with E-state index in [9.17, 15) is 9.59 Å². The zero-order valence-corrected chi connectivity index (χ0v) is 16.4. The standard InChI is InChI=1S/C20H21ClN2O3S/c21-16-4-6-18(7-5-16)27-13-8-19(24)22-17-3-1-2-15(14-17)20(25)23-9-11-26-12-10-23/h1-7,14H,8-13H2,(H,22,24). The molecule has 5 nitrogen and oxygen atoms in total. The summed E-state index contributed by atoms with van der Waals surface area (Å²) in [5.74, 6) is 0.556. The van der Waals surface area contributed by atoms with E-state index in [4.69, 9.17) is 16.3 Å². The van der Waals surface area contributed by atoms with Gasteiger partial charge in [0.25, 0.3) is 5.91 Å². The molecule has 7 heteroatoms. The molecule has 0 saturated carbocycles. The van der Waals surface area contributed by atoms with E-state index in [2.05, 4.69) is 5.32 Å².